The number of nitrogens with one attached hydrogen (secondary N) is 1. The highest BCUT2D eigenvalue weighted by molar-refractivity contribution is 6.36. The van der Waals surface area contributed by atoms with E-state index in [9.17, 15) is 14.7 Å². The Bertz CT molecular complexity index is 1270. The number of fused-ring (bicyclic) bond motifs is 1. The van der Waals surface area contributed by atoms with E-state index in [1.54, 1.807) is 33.9 Å². The Morgan fingerprint density at radius 3 is 2.76 bits per heavy atom. The van der Waals surface area contributed by atoms with Crippen LogP contribution in [0.15, 0.2) is 24.4 Å². The van der Waals surface area contributed by atoms with Gasteiger partial charge in [0.2, 0.25) is 17.7 Å². The number of halogens is 2. The number of rotatable bonds is 6. The van der Waals surface area contributed by atoms with E-state index in [0.717, 1.165) is 17.7 Å². The van der Waals surface area contributed by atoms with Gasteiger partial charge < -0.3 is 25.6 Å². The molecule has 1 aromatic carbocycles. The van der Waals surface area contributed by atoms with Crippen molar-refractivity contribution >= 4 is 45.9 Å². The van der Waals surface area contributed by atoms with E-state index >= 15 is 0 Å². The van der Waals surface area contributed by atoms with Crippen LogP contribution in [0.4, 0.5) is 0 Å². The molecule has 0 spiro atoms. The lowest BCUT2D eigenvalue weighted by molar-refractivity contribution is -0.130. The smallest absolute Gasteiger partial charge is 0.224 e. The van der Waals surface area contributed by atoms with Crippen LogP contribution in [0, 0.1) is 6.92 Å². The monoisotopic (exact) mass is 503 g/mol. The number of carbonyl (C=O) groups is 2. The number of pyridine rings is 1. The van der Waals surface area contributed by atoms with Crippen LogP contribution in [0.3, 0.4) is 0 Å². The molecule has 34 heavy (non-hydrogen) atoms. The number of amides is 2. The van der Waals surface area contributed by atoms with Crippen LogP contribution in [0.1, 0.15) is 31.0 Å². The summed E-state index contributed by atoms with van der Waals surface area (Å²) in [6, 6.07) is 5.17. The number of hydrogen-bond acceptors (Lipinski definition) is 5. The molecule has 0 radical (unpaired) electrons. The first-order valence-electron chi connectivity index (χ1n) is 11.1. The van der Waals surface area contributed by atoms with E-state index in [4.69, 9.17) is 28.9 Å². The summed E-state index contributed by atoms with van der Waals surface area (Å²) in [5.41, 5.74) is 9.58. The molecule has 4 N–H and O–H groups in total. The molecule has 180 valence electrons. The lowest BCUT2D eigenvalue weighted by atomic mass is 9.95. The van der Waals surface area contributed by atoms with Crippen molar-refractivity contribution in [3.8, 4) is 17.0 Å². The van der Waals surface area contributed by atoms with Crippen molar-refractivity contribution in [1.82, 2.24) is 19.8 Å². The molecule has 3 aromatic rings. The van der Waals surface area contributed by atoms with Crippen LogP contribution in [0.25, 0.3) is 22.0 Å². The van der Waals surface area contributed by atoms with Crippen molar-refractivity contribution in [3.63, 3.8) is 0 Å². The highest BCUT2D eigenvalue weighted by atomic mass is 35.5. The third-order valence-corrected chi connectivity index (χ3v) is 6.77. The maximum Gasteiger partial charge on any atom is 0.224 e. The highest BCUT2D eigenvalue weighted by Gasteiger charge is 2.27. The Labute approximate surface area is 207 Å². The summed E-state index contributed by atoms with van der Waals surface area (Å²) < 4.78 is 1.63. The molecule has 0 saturated carbocycles. The normalized spacial score (nSPS) is 15.8. The molecule has 1 aliphatic heterocycles. The molecule has 4 rings (SSSR count). The predicted octanol–water partition coefficient (Wildman–Crippen LogP) is 3.61. The van der Waals surface area contributed by atoms with Crippen LogP contribution >= 0.6 is 23.2 Å². The minimum atomic E-state index is -0.0977. The van der Waals surface area contributed by atoms with E-state index in [0.29, 0.717) is 45.2 Å². The van der Waals surface area contributed by atoms with E-state index in [-0.39, 0.29) is 43.2 Å². The van der Waals surface area contributed by atoms with Crippen LogP contribution in [0.5, 0.6) is 5.88 Å². The zero-order chi connectivity index (χ0) is 24.6. The third kappa shape index (κ3) is 4.71. The van der Waals surface area contributed by atoms with Crippen LogP contribution in [0.2, 0.25) is 10.0 Å². The van der Waals surface area contributed by atoms with Crippen LogP contribution in [-0.4, -0.2) is 50.5 Å². The van der Waals surface area contributed by atoms with Crippen LogP contribution < -0.4 is 11.1 Å². The summed E-state index contributed by atoms with van der Waals surface area (Å²) in [7, 11) is 0. The van der Waals surface area contributed by atoms with Gasteiger partial charge >= 0.3 is 0 Å². The quantitative estimate of drug-likeness (QED) is 0.475. The molecule has 2 amide bonds. The number of nitrogens with two attached hydrogens (primary N) is 1. The van der Waals surface area contributed by atoms with E-state index in [1.807, 2.05) is 6.92 Å². The number of aromatic nitrogens is 2. The summed E-state index contributed by atoms with van der Waals surface area (Å²) in [6.07, 6.45) is 2.68. The number of carbonyl (C=O) groups excluding carboxylic acids is 2. The van der Waals surface area contributed by atoms with E-state index < -0.39 is 0 Å². The second kappa shape index (κ2) is 9.82. The van der Waals surface area contributed by atoms with Gasteiger partial charge in [-0.3, -0.25) is 14.6 Å². The number of benzene rings is 1. The fraction of sp³-hybridized carbons (Fsp3) is 0.375. The van der Waals surface area contributed by atoms with Gasteiger partial charge in [0, 0.05) is 78.6 Å². The Balaban J connectivity index is 1.64. The predicted molar refractivity (Wildman–Crippen MR) is 133 cm³/mol. The minimum Gasteiger partial charge on any atom is -0.494 e. The molecule has 0 unspecified atom stereocenters. The summed E-state index contributed by atoms with van der Waals surface area (Å²) in [5.74, 6) is -0.124. The van der Waals surface area contributed by atoms with Crippen molar-refractivity contribution in [2.45, 2.75) is 45.8 Å². The first kappa shape index (κ1) is 24.3. The molecule has 0 aliphatic carbocycles. The van der Waals surface area contributed by atoms with Gasteiger partial charge in [-0.2, -0.15) is 0 Å². The molecule has 10 heteroatoms. The van der Waals surface area contributed by atoms with Crippen molar-refractivity contribution in [3.05, 3.63) is 45.7 Å². The third-order valence-electron chi connectivity index (χ3n) is 6.23. The SMILES string of the molecule is CC(=O)N[C@H]1CCN(C(=O)CCn2cc3nc(C)c(CN)c(-c4ccc(Cl)cc4Cl)c3c2O)C1. The summed E-state index contributed by atoms with van der Waals surface area (Å²) in [4.78, 5) is 30.4. The van der Waals surface area contributed by atoms with Crippen molar-refractivity contribution in [1.29, 1.82) is 0 Å². The molecular formula is C24H27Cl2N5O3. The van der Waals surface area contributed by atoms with Crippen molar-refractivity contribution in [2.75, 3.05) is 13.1 Å². The second-order valence-electron chi connectivity index (χ2n) is 8.56. The first-order chi connectivity index (χ1) is 16.2. The maximum atomic E-state index is 12.8. The number of nitrogens with zero attached hydrogens (tertiary/aromatic N) is 3. The Morgan fingerprint density at radius 2 is 2.09 bits per heavy atom. The molecule has 0 bridgehead atoms. The lowest BCUT2D eigenvalue weighted by Gasteiger charge is -2.17. The number of aromatic hydroxyl groups is 1. The highest BCUT2D eigenvalue weighted by Crippen LogP contribution is 2.42. The summed E-state index contributed by atoms with van der Waals surface area (Å²) >= 11 is 12.6. The number of likely N-dealkylation sites (tertiary alicyclic amines) is 1. The molecular weight excluding hydrogens is 477 g/mol. The van der Waals surface area contributed by atoms with Gasteiger partial charge in [-0.15, -0.1) is 0 Å². The molecule has 1 aliphatic rings. The first-order valence-corrected chi connectivity index (χ1v) is 11.9. The molecule has 2 aromatic heterocycles. The summed E-state index contributed by atoms with van der Waals surface area (Å²) in [5, 5.41) is 15.5. The zero-order valence-corrected chi connectivity index (χ0v) is 20.6. The molecule has 8 nitrogen and oxygen atoms in total. The minimum absolute atomic E-state index is 0.00330. The fourth-order valence-corrected chi connectivity index (χ4v) is 5.11. The van der Waals surface area contributed by atoms with Crippen molar-refractivity contribution < 1.29 is 14.7 Å². The second-order valence-corrected chi connectivity index (χ2v) is 9.40. The molecule has 1 atom stereocenters. The standard InChI is InChI=1S/C24H27Cl2N5O3/c1-13-18(10-27)22(17-4-3-15(25)9-19(17)26)23-20(28-13)12-31(24(23)34)8-6-21(33)30-7-5-16(11-30)29-14(2)32/h3-4,9,12,16,34H,5-8,10-11,27H2,1-2H3,(H,29,32)/t16-/m0/s1. The van der Waals surface area contributed by atoms with Gasteiger partial charge in [-0.05, 0) is 31.0 Å². The van der Waals surface area contributed by atoms with Gasteiger partial charge in [-0.25, -0.2) is 0 Å². The van der Waals surface area contributed by atoms with Crippen LogP contribution in [-0.2, 0) is 22.7 Å². The Hall–Kier alpha value is -2.81. The lowest BCUT2D eigenvalue weighted by Crippen LogP contribution is -2.37. The maximum absolute atomic E-state index is 12.8. The Kier molecular flexibility index (Phi) is 7.02. The van der Waals surface area contributed by atoms with E-state index in [2.05, 4.69) is 10.3 Å². The van der Waals surface area contributed by atoms with Gasteiger partial charge in [0.25, 0.3) is 0 Å². The van der Waals surface area contributed by atoms with E-state index in [1.165, 1.54) is 6.92 Å². The molecule has 1 saturated heterocycles. The van der Waals surface area contributed by atoms with Gasteiger partial charge in [-0.1, -0.05) is 29.3 Å². The topological polar surface area (TPSA) is 113 Å². The van der Waals surface area contributed by atoms with Gasteiger partial charge in [0.05, 0.1) is 10.9 Å². The zero-order valence-electron chi connectivity index (χ0n) is 19.1. The van der Waals surface area contributed by atoms with Gasteiger partial charge in [0.15, 0.2) is 0 Å². The fourth-order valence-electron chi connectivity index (χ4n) is 4.61. The molecule has 1 fully saturated rings. The average molecular weight is 504 g/mol. The number of hydrogen-bond donors (Lipinski definition) is 3. The van der Waals surface area contributed by atoms with Gasteiger partial charge in [0.1, 0.15) is 0 Å². The average Bonchev–Trinajstić information content (AvgIpc) is 3.35. The Morgan fingerprint density at radius 1 is 1.32 bits per heavy atom. The number of aryl methyl sites for hydroxylation is 2. The van der Waals surface area contributed by atoms with Crippen molar-refractivity contribution in [2.24, 2.45) is 5.73 Å². The largest absolute Gasteiger partial charge is 0.494 e. The summed E-state index contributed by atoms with van der Waals surface area (Å²) in [6.45, 7) is 4.94. The molecule has 3 heterocycles.